The van der Waals surface area contributed by atoms with Crippen LogP contribution in [-0.2, 0) is 13.0 Å². The summed E-state index contributed by atoms with van der Waals surface area (Å²) in [5.74, 6) is 0. The van der Waals surface area contributed by atoms with Crippen molar-refractivity contribution in [2.75, 3.05) is 39.8 Å². The lowest BCUT2D eigenvalue weighted by molar-refractivity contribution is 0.151. The molecule has 148 valence electrons. The average molecular weight is 376 g/mol. The maximum absolute atomic E-state index is 2.62. The highest BCUT2D eigenvalue weighted by molar-refractivity contribution is 5.86. The Morgan fingerprint density at radius 1 is 0.821 bits per heavy atom. The lowest BCUT2D eigenvalue weighted by atomic mass is 10.0. The van der Waals surface area contributed by atoms with Gasteiger partial charge in [-0.25, -0.2) is 0 Å². The van der Waals surface area contributed by atoms with Gasteiger partial charge in [0.25, 0.3) is 0 Å². The Labute approximate surface area is 169 Å². The molecule has 1 saturated heterocycles. The van der Waals surface area contributed by atoms with E-state index in [1.54, 1.807) is 0 Å². The van der Waals surface area contributed by atoms with E-state index in [9.17, 15) is 0 Å². The summed E-state index contributed by atoms with van der Waals surface area (Å²) < 4.78 is 2.53. The van der Waals surface area contributed by atoms with Crippen LogP contribution in [0.4, 0.5) is 0 Å². The second kappa shape index (κ2) is 8.50. The molecular weight excluding hydrogens is 342 g/mol. The average Bonchev–Trinajstić information content (AvgIpc) is 2.95. The van der Waals surface area contributed by atoms with Gasteiger partial charge in [0.1, 0.15) is 0 Å². The molecule has 1 fully saturated rings. The van der Waals surface area contributed by atoms with Gasteiger partial charge in [-0.1, -0.05) is 36.4 Å². The molecule has 2 heterocycles. The number of piperazine rings is 1. The normalized spacial score (nSPS) is 16.1. The van der Waals surface area contributed by atoms with E-state index in [1.165, 1.54) is 72.4 Å². The summed E-state index contributed by atoms with van der Waals surface area (Å²) in [5, 5.41) is 1.42. The zero-order chi connectivity index (χ0) is 19.5. The van der Waals surface area contributed by atoms with Crippen molar-refractivity contribution in [3.8, 4) is 0 Å². The number of nitrogens with zero attached hydrogens (tertiary/aromatic N) is 3. The van der Waals surface area contributed by atoms with Crippen molar-refractivity contribution in [3.05, 3.63) is 70.9 Å². The second-order valence-electron chi connectivity index (χ2n) is 8.37. The maximum atomic E-state index is 2.62. The number of benzene rings is 2. The second-order valence-corrected chi connectivity index (χ2v) is 8.37. The van der Waals surface area contributed by atoms with E-state index in [4.69, 9.17) is 0 Å². The van der Waals surface area contributed by atoms with E-state index in [0.29, 0.717) is 0 Å². The van der Waals surface area contributed by atoms with Gasteiger partial charge >= 0.3 is 0 Å². The number of rotatable bonds is 6. The van der Waals surface area contributed by atoms with Crippen LogP contribution in [-0.4, -0.2) is 54.1 Å². The number of aryl methyl sites for hydroxylation is 2. The highest BCUT2D eigenvalue weighted by Gasteiger charge is 2.15. The van der Waals surface area contributed by atoms with Crippen LogP contribution in [0.3, 0.4) is 0 Å². The fraction of sp³-hybridized carbons (Fsp3) is 0.440. The summed E-state index contributed by atoms with van der Waals surface area (Å²) in [7, 11) is 2.22. The molecule has 0 N–H and O–H groups in total. The Hall–Kier alpha value is -2.10. The molecule has 2 aromatic carbocycles. The maximum Gasteiger partial charge on any atom is 0.0485 e. The first-order valence-electron chi connectivity index (χ1n) is 10.6. The lowest BCUT2D eigenvalue weighted by Gasteiger charge is -2.32. The largest absolute Gasteiger partial charge is 0.345 e. The van der Waals surface area contributed by atoms with Crippen LogP contribution >= 0.6 is 0 Å². The van der Waals surface area contributed by atoms with E-state index in [0.717, 1.165) is 13.0 Å². The molecule has 3 nitrogen and oxygen atoms in total. The van der Waals surface area contributed by atoms with Gasteiger partial charge in [-0.05, 0) is 69.1 Å². The Morgan fingerprint density at radius 3 is 2.32 bits per heavy atom. The molecule has 0 radical (unpaired) electrons. The summed E-state index contributed by atoms with van der Waals surface area (Å²) in [6.45, 7) is 11.7. The third kappa shape index (κ3) is 4.16. The molecule has 0 aliphatic carbocycles. The van der Waals surface area contributed by atoms with Gasteiger partial charge < -0.3 is 14.4 Å². The summed E-state index contributed by atoms with van der Waals surface area (Å²) in [6.07, 6.45) is 2.23. The molecule has 28 heavy (non-hydrogen) atoms. The van der Waals surface area contributed by atoms with Gasteiger partial charge in [0.15, 0.2) is 0 Å². The SMILES string of the molecule is Cc1c(C)n(CCCN2CCN(C)CC2)c2ccc(Cc3ccccc3)cc12. The Balaban J connectivity index is 1.47. The lowest BCUT2D eigenvalue weighted by Crippen LogP contribution is -2.44. The number of aromatic nitrogens is 1. The van der Waals surface area contributed by atoms with E-state index < -0.39 is 0 Å². The van der Waals surface area contributed by atoms with Gasteiger partial charge in [0, 0.05) is 49.3 Å². The quantitative estimate of drug-likeness (QED) is 0.629. The van der Waals surface area contributed by atoms with Crippen molar-refractivity contribution < 1.29 is 0 Å². The molecule has 1 aliphatic heterocycles. The molecule has 0 saturated carbocycles. The molecule has 1 aliphatic rings. The molecule has 4 rings (SSSR count). The van der Waals surface area contributed by atoms with Crippen LogP contribution < -0.4 is 0 Å². The van der Waals surface area contributed by atoms with Crippen molar-refractivity contribution in [2.24, 2.45) is 0 Å². The molecule has 0 bridgehead atoms. The topological polar surface area (TPSA) is 11.4 Å². The van der Waals surface area contributed by atoms with Gasteiger partial charge in [-0.2, -0.15) is 0 Å². The van der Waals surface area contributed by atoms with Crippen molar-refractivity contribution in [2.45, 2.75) is 33.2 Å². The van der Waals surface area contributed by atoms with E-state index in [2.05, 4.69) is 83.8 Å². The highest BCUT2D eigenvalue weighted by atomic mass is 15.2. The smallest absolute Gasteiger partial charge is 0.0485 e. The fourth-order valence-electron chi connectivity index (χ4n) is 4.45. The summed E-state index contributed by atoms with van der Waals surface area (Å²) >= 11 is 0. The Morgan fingerprint density at radius 2 is 1.57 bits per heavy atom. The molecule has 0 unspecified atom stereocenters. The van der Waals surface area contributed by atoms with Crippen LogP contribution in [0.2, 0.25) is 0 Å². The minimum Gasteiger partial charge on any atom is -0.345 e. The Bertz CT molecular complexity index is 918. The number of hydrogen-bond donors (Lipinski definition) is 0. The third-order valence-electron chi connectivity index (χ3n) is 6.41. The molecule has 3 heteroatoms. The first-order chi connectivity index (χ1) is 13.6. The monoisotopic (exact) mass is 375 g/mol. The predicted molar refractivity (Wildman–Crippen MR) is 119 cm³/mol. The molecule has 0 spiro atoms. The minimum atomic E-state index is 1.00. The zero-order valence-electron chi connectivity index (χ0n) is 17.6. The fourth-order valence-corrected chi connectivity index (χ4v) is 4.45. The molecule has 0 atom stereocenters. The highest BCUT2D eigenvalue weighted by Crippen LogP contribution is 2.27. The van der Waals surface area contributed by atoms with Crippen molar-refractivity contribution in [1.29, 1.82) is 0 Å². The number of fused-ring (bicyclic) bond motifs is 1. The van der Waals surface area contributed by atoms with Gasteiger partial charge in [-0.3, -0.25) is 0 Å². The zero-order valence-corrected chi connectivity index (χ0v) is 17.6. The predicted octanol–water partition coefficient (Wildman–Crippen LogP) is 4.49. The minimum absolute atomic E-state index is 1.00. The number of likely N-dealkylation sites (N-methyl/N-ethyl adjacent to an activating group) is 1. The third-order valence-corrected chi connectivity index (χ3v) is 6.41. The van der Waals surface area contributed by atoms with Crippen LogP contribution in [0.15, 0.2) is 48.5 Å². The van der Waals surface area contributed by atoms with Gasteiger partial charge in [-0.15, -0.1) is 0 Å². The van der Waals surface area contributed by atoms with Crippen molar-refractivity contribution in [1.82, 2.24) is 14.4 Å². The number of hydrogen-bond acceptors (Lipinski definition) is 2. The van der Waals surface area contributed by atoms with Gasteiger partial charge in [0.2, 0.25) is 0 Å². The van der Waals surface area contributed by atoms with Crippen molar-refractivity contribution >= 4 is 10.9 Å². The first-order valence-corrected chi connectivity index (χ1v) is 10.6. The van der Waals surface area contributed by atoms with Crippen molar-refractivity contribution in [3.63, 3.8) is 0 Å². The first kappa shape index (κ1) is 19.2. The molecular formula is C25H33N3. The molecule has 3 aromatic rings. The van der Waals surface area contributed by atoms with E-state index in [1.807, 2.05) is 0 Å². The van der Waals surface area contributed by atoms with Gasteiger partial charge in [0.05, 0.1) is 0 Å². The van der Waals surface area contributed by atoms with Crippen LogP contribution in [0.25, 0.3) is 10.9 Å². The Kier molecular flexibility index (Phi) is 5.84. The summed E-state index contributed by atoms with van der Waals surface area (Å²) in [5.41, 5.74) is 7.03. The van der Waals surface area contributed by atoms with E-state index in [-0.39, 0.29) is 0 Å². The summed E-state index contributed by atoms with van der Waals surface area (Å²) in [4.78, 5) is 5.04. The summed E-state index contributed by atoms with van der Waals surface area (Å²) in [6, 6.07) is 17.8. The van der Waals surface area contributed by atoms with Crippen LogP contribution in [0.5, 0.6) is 0 Å². The molecule has 1 aromatic heterocycles. The van der Waals surface area contributed by atoms with Crippen LogP contribution in [0.1, 0.15) is 28.8 Å². The molecule has 0 amide bonds. The standard InChI is InChI=1S/C25H33N3/c1-20-21(2)28(13-7-12-27-16-14-26(3)15-17-27)25-11-10-23(19-24(20)25)18-22-8-5-4-6-9-22/h4-6,8-11,19H,7,12-18H2,1-3H3. The van der Waals surface area contributed by atoms with E-state index >= 15 is 0 Å². The van der Waals surface area contributed by atoms with Crippen LogP contribution in [0, 0.1) is 13.8 Å².